The number of hydrogen-bond donors (Lipinski definition) is 2. The second-order valence-electron chi connectivity index (χ2n) is 5.53. The van der Waals surface area contributed by atoms with E-state index in [2.05, 4.69) is 5.32 Å². The summed E-state index contributed by atoms with van der Waals surface area (Å²) in [7, 11) is 0. The number of amides is 3. The molecule has 1 aromatic carbocycles. The number of nitrogens with one attached hydrogen (secondary N) is 1. The van der Waals surface area contributed by atoms with Gasteiger partial charge in [0.15, 0.2) is 0 Å². The van der Waals surface area contributed by atoms with Crippen LogP contribution in [0.25, 0.3) is 0 Å². The first-order valence-electron chi connectivity index (χ1n) is 7.65. The summed E-state index contributed by atoms with van der Waals surface area (Å²) in [6, 6.07) is 9.49. The van der Waals surface area contributed by atoms with E-state index in [1.54, 1.807) is 18.2 Å². The van der Waals surface area contributed by atoms with Gasteiger partial charge in [0.1, 0.15) is 12.6 Å². The minimum absolute atomic E-state index is 0.0486. The quantitative estimate of drug-likeness (QED) is 0.838. The lowest BCUT2D eigenvalue weighted by atomic mass is 10.1. The topological polar surface area (TPSA) is 102 Å². The van der Waals surface area contributed by atoms with Gasteiger partial charge in [-0.3, -0.25) is 14.4 Å². The van der Waals surface area contributed by atoms with Crippen molar-refractivity contribution in [3.63, 3.8) is 0 Å². The lowest BCUT2D eigenvalue weighted by molar-refractivity contribution is -0.153. The molecule has 3 rings (SSSR count). The van der Waals surface area contributed by atoms with Crippen molar-refractivity contribution in [1.29, 1.82) is 0 Å². The molecule has 0 saturated carbocycles. The van der Waals surface area contributed by atoms with Gasteiger partial charge in [-0.2, -0.15) is 0 Å². The summed E-state index contributed by atoms with van der Waals surface area (Å²) in [6.07, 6.45) is 0. The Morgan fingerprint density at radius 1 is 1.28 bits per heavy atom. The highest BCUT2D eigenvalue weighted by Crippen LogP contribution is 2.20. The van der Waals surface area contributed by atoms with Crippen molar-refractivity contribution in [3.05, 3.63) is 52.2 Å². The summed E-state index contributed by atoms with van der Waals surface area (Å²) in [4.78, 5) is 38.9. The number of ether oxygens (including phenoxy) is 1. The van der Waals surface area contributed by atoms with Crippen molar-refractivity contribution in [1.82, 2.24) is 4.90 Å². The molecule has 1 fully saturated rings. The molecule has 25 heavy (non-hydrogen) atoms. The molecule has 2 aromatic rings. The molecule has 1 aromatic heterocycles. The first kappa shape index (κ1) is 17.1. The zero-order valence-electron chi connectivity index (χ0n) is 13.3. The van der Waals surface area contributed by atoms with Gasteiger partial charge in [0.25, 0.3) is 5.91 Å². The van der Waals surface area contributed by atoms with Crippen molar-refractivity contribution < 1.29 is 19.1 Å². The number of thiophene rings is 1. The van der Waals surface area contributed by atoms with E-state index in [0.29, 0.717) is 12.2 Å². The highest BCUT2D eigenvalue weighted by molar-refractivity contribution is 7.09. The molecular formula is C17H17N3O4S. The van der Waals surface area contributed by atoms with Crippen LogP contribution in [-0.2, 0) is 20.9 Å². The molecule has 2 heterocycles. The van der Waals surface area contributed by atoms with Crippen LogP contribution in [0.4, 0.5) is 5.69 Å². The van der Waals surface area contributed by atoms with E-state index in [4.69, 9.17) is 10.5 Å². The third-order valence-electron chi connectivity index (χ3n) is 3.86. The monoisotopic (exact) mass is 359 g/mol. The summed E-state index contributed by atoms with van der Waals surface area (Å²) in [5.41, 5.74) is 5.86. The van der Waals surface area contributed by atoms with Crippen LogP contribution in [0.1, 0.15) is 15.2 Å². The second-order valence-corrected chi connectivity index (χ2v) is 6.56. The molecule has 1 atom stereocenters. The molecule has 0 aliphatic carbocycles. The van der Waals surface area contributed by atoms with Crippen molar-refractivity contribution in [2.75, 3.05) is 18.5 Å². The van der Waals surface area contributed by atoms with E-state index in [1.807, 2.05) is 17.5 Å². The van der Waals surface area contributed by atoms with Gasteiger partial charge in [0, 0.05) is 4.88 Å². The summed E-state index contributed by atoms with van der Waals surface area (Å²) in [5.74, 6) is -1.30. The van der Waals surface area contributed by atoms with Gasteiger partial charge in [-0.25, -0.2) is 0 Å². The summed E-state index contributed by atoms with van der Waals surface area (Å²) in [5, 5.41) is 4.60. The molecule has 3 N–H and O–H groups in total. The fourth-order valence-electron chi connectivity index (χ4n) is 2.61. The molecule has 0 bridgehead atoms. The average Bonchev–Trinajstić information content (AvgIpc) is 3.10. The smallest absolute Gasteiger partial charge is 0.250 e. The third kappa shape index (κ3) is 3.86. The number of anilines is 1. The van der Waals surface area contributed by atoms with Crippen LogP contribution >= 0.6 is 11.3 Å². The number of nitrogens with two attached hydrogens (primary N) is 1. The van der Waals surface area contributed by atoms with Gasteiger partial charge >= 0.3 is 0 Å². The van der Waals surface area contributed by atoms with Gasteiger partial charge in [0.2, 0.25) is 11.8 Å². The normalized spacial score (nSPS) is 17.4. The van der Waals surface area contributed by atoms with E-state index in [1.165, 1.54) is 22.3 Å². The first-order valence-corrected chi connectivity index (χ1v) is 8.53. The van der Waals surface area contributed by atoms with Crippen LogP contribution in [0.2, 0.25) is 0 Å². The van der Waals surface area contributed by atoms with Gasteiger partial charge in [-0.15, -0.1) is 11.3 Å². The first-order chi connectivity index (χ1) is 12.1. The molecule has 1 saturated heterocycles. The van der Waals surface area contributed by atoms with E-state index < -0.39 is 17.9 Å². The Morgan fingerprint density at radius 2 is 2.08 bits per heavy atom. The van der Waals surface area contributed by atoms with Gasteiger partial charge in [-0.1, -0.05) is 18.2 Å². The lowest BCUT2D eigenvalue weighted by Gasteiger charge is -2.34. The molecule has 0 radical (unpaired) electrons. The Hall–Kier alpha value is -2.71. The van der Waals surface area contributed by atoms with Gasteiger partial charge < -0.3 is 20.7 Å². The Balaban J connectivity index is 1.79. The maximum atomic E-state index is 12.7. The van der Waals surface area contributed by atoms with Gasteiger partial charge in [-0.05, 0) is 23.6 Å². The Labute approximate surface area is 148 Å². The zero-order valence-corrected chi connectivity index (χ0v) is 14.1. The zero-order chi connectivity index (χ0) is 17.8. The Morgan fingerprint density at radius 3 is 2.80 bits per heavy atom. The lowest BCUT2D eigenvalue weighted by Crippen LogP contribution is -2.54. The van der Waals surface area contributed by atoms with Crippen molar-refractivity contribution >= 4 is 34.7 Å². The maximum absolute atomic E-state index is 12.7. The predicted octanol–water partition coefficient (Wildman–Crippen LogP) is 1.21. The fraction of sp³-hybridized carbons (Fsp3) is 0.235. The fourth-order valence-corrected chi connectivity index (χ4v) is 3.32. The van der Waals surface area contributed by atoms with Crippen LogP contribution < -0.4 is 11.1 Å². The second kappa shape index (κ2) is 7.45. The molecule has 1 unspecified atom stereocenters. The molecule has 0 spiro atoms. The number of nitrogens with zero attached hydrogens (tertiary/aromatic N) is 1. The predicted molar refractivity (Wildman–Crippen MR) is 93.1 cm³/mol. The van der Waals surface area contributed by atoms with E-state index in [0.717, 1.165) is 4.88 Å². The van der Waals surface area contributed by atoms with E-state index in [-0.39, 0.29) is 24.7 Å². The largest absolute Gasteiger partial charge is 0.369 e. The van der Waals surface area contributed by atoms with Crippen LogP contribution in [0.3, 0.4) is 0 Å². The molecule has 130 valence electrons. The number of morpholine rings is 1. The van der Waals surface area contributed by atoms with Gasteiger partial charge in [0.05, 0.1) is 24.4 Å². The summed E-state index contributed by atoms with van der Waals surface area (Å²) in [6.45, 7) is 0.393. The van der Waals surface area contributed by atoms with Crippen LogP contribution in [-0.4, -0.2) is 41.9 Å². The summed E-state index contributed by atoms with van der Waals surface area (Å²) < 4.78 is 5.24. The number of rotatable bonds is 5. The molecule has 7 nitrogen and oxygen atoms in total. The number of primary amides is 1. The molecule has 1 aliphatic heterocycles. The number of carbonyl (C=O) groups is 3. The number of para-hydroxylation sites is 1. The highest BCUT2D eigenvalue weighted by atomic mass is 32.1. The number of hydrogen-bond acceptors (Lipinski definition) is 5. The standard InChI is InChI=1S/C17H17N3O4S/c18-16(22)12-5-1-2-6-13(12)19-17(23)14-9-24-10-15(21)20(14)8-11-4-3-7-25-11/h1-7,14H,8-10H2,(H2,18,22)(H,19,23). The molecule has 3 amide bonds. The van der Waals surface area contributed by atoms with Crippen molar-refractivity contribution in [2.45, 2.75) is 12.6 Å². The van der Waals surface area contributed by atoms with Crippen LogP contribution in [0.5, 0.6) is 0 Å². The number of carbonyl (C=O) groups excluding carboxylic acids is 3. The minimum Gasteiger partial charge on any atom is -0.369 e. The van der Waals surface area contributed by atoms with Crippen molar-refractivity contribution in [3.8, 4) is 0 Å². The highest BCUT2D eigenvalue weighted by Gasteiger charge is 2.34. The Kier molecular flexibility index (Phi) is 5.11. The molecule has 8 heteroatoms. The van der Waals surface area contributed by atoms with Crippen LogP contribution in [0, 0.1) is 0 Å². The Bertz CT molecular complexity index is 791. The van der Waals surface area contributed by atoms with Crippen molar-refractivity contribution in [2.24, 2.45) is 5.73 Å². The SMILES string of the molecule is NC(=O)c1ccccc1NC(=O)C1COCC(=O)N1Cc1cccs1. The van der Waals surface area contributed by atoms with Crippen LogP contribution in [0.15, 0.2) is 41.8 Å². The molecule has 1 aliphatic rings. The third-order valence-corrected chi connectivity index (χ3v) is 4.72. The number of benzene rings is 1. The maximum Gasteiger partial charge on any atom is 0.250 e. The average molecular weight is 359 g/mol. The van der Waals surface area contributed by atoms with E-state index >= 15 is 0 Å². The molecular weight excluding hydrogens is 342 g/mol. The minimum atomic E-state index is -0.774. The van der Waals surface area contributed by atoms with E-state index in [9.17, 15) is 14.4 Å². The summed E-state index contributed by atoms with van der Waals surface area (Å²) >= 11 is 1.52.